The van der Waals surface area contributed by atoms with Gasteiger partial charge < -0.3 is 10.4 Å². The molecule has 17 heavy (non-hydrogen) atoms. The van der Waals surface area contributed by atoms with Crippen molar-refractivity contribution in [3.63, 3.8) is 0 Å². The number of hydrogen-bond acceptors (Lipinski definition) is 3. The standard InChI is InChI=1S/C12H17IN2O2/c1-9(16)7-15(2)8-12(17)14-11-6-4-3-5-10(11)13/h3-6,9,16H,7-8H2,1-2H3,(H,14,17). The van der Waals surface area contributed by atoms with Crippen LogP contribution in [0.15, 0.2) is 24.3 Å². The van der Waals surface area contributed by atoms with Crippen LogP contribution >= 0.6 is 22.6 Å². The monoisotopic (exact) mass is 348 g/mol. The molecule has 0 fully saturated rings. The summed E-state index contributed by atoms with van der Waals surface area (Å²) in [5.41, 5.74) is 0.823. The minimum absolute atomic E-state index is 0.0720. The minimum atomic E-state index is -0.426. The molecule has 0 aliphatic heterocycles. The Morgan fingerprint density at radius 3 is 2.76 bits per heavy atom. The van der Waals surface area contributed by atoms with Crippen LogP contribution in [0.2, 0.25) is 0 Å². The van der Waals surface area contributed by atoms with Crippen molar-refractivity contribution in [2.24, 2.45) is 0 Å². The van der Waals surface area contributed by atoms with Gasteiger partial charge in [-0.05, 0) is 48.7 Å². The van der Waals surface area contributed by atoms with E-state index >= 15 is 0 Å². The molecule has 94 valence electrons. The van der Waals surface area contributed by atoms with Crippen LogP contribution in [-0.4, -0.2) is 42.2 Å². The van der Waals surface area contributed by atoms with Crippen molar-refractivity contribution in [3.05, 3.63) is 27.8 Å². The number of carbonyl (C=O) groups excluding carboxylic acids is 1. The predicted molar refractivity (Wildman–Crippen MR) is 77.0 cm³/mol. The quantitative estimate of drug-likeness (QED) is 0.794. The number of halogens is 1. The lowest BCUT2D eigenvalue weighted by Crippen LogP contribution is -2.34. The molecule has 0 aliphatic rings. The van der Waals surface area contributed by atoms with Gasteiger partial charge in [0.15, 0.2) is 0 Å². The van der Waals surface area contributed by atoms with E-state index in [1.165, 1.54) is 0 Å². The SMILES string of the molecule is CC(O)CN(C)CC(=O)Nc1ccccc1I. The van der Waals surface area contributed by atoms with E-state index in [0.29, 0.717) is 6.54 Å². The maximum absolute atomic E-state index is 11.7. The summed E-state index contributed by atoms with van der Waals surface area (Å²) in [6, 6.07) is 7.62. The van der Waals surface area contributed by atoms with Gasteiger partial charge in [-0.15, -0.1) is 0 Å². The lowest BCUT2D eigenvalue weighted by Gasteiger charge is -2.17. The Morgan fingerprint density at radius 2 is 2.18 bits per heavy atom. The van der Waals surface area contributed by atoms with E-state index in [0.717, 1.165) is 9.26 Å². The van der Waals surface area contributed by atoms with Crippen molar-refractivity contribution in [2.75, 3.05) is 25.5 Å². The van der Waals surface area contributed by atoms with Gasteiger partial charge in [0.2, 0.25) is 5.91 Å². The zero-order valence-corrected chi connectivity index (χ0v) is 12.1. The van der Waals surface area contributed by atoms with Crippen molar-refractivity contribution in [1.29, 1.82) is 0 Å². The second kappa shape index (κ2) is 6.93. The molecular weight excluding hydrogens is 331 g/mol. The smallest absolute Gasteiger partial charge is 0.238 e. The van der Waals surface area contributed by atoms with Crippen LogP contribution in [0, 0.1) is 3.57 Å². The number of hydrogen-bond donors (Lipinski definition) is 2. The molecule has 4 nitrogen and oxygen atoms in total. The summed E-state index contributed by atoms with van der Waals surface area (Å²) in [6.45, 7) is 2.46. The van der Waals surface area contributed by atoms with Crippen molar-refractivity contribution in [1.82, 2.24) is 4.90 Å². The number of nitrogens with one attached hydrogen (secondary N) is 1. The fraction of sp³-hybridized carbons (Fsp3) is 0.417. The molecule has 0 aromatic heterocycles. The molecule has 0 saturated carbocycles. The minimum Gasteiger partial charge on any atom is -0.392 e. The van der Waals surface area contributed by atoms with Gasteiger partial charge >= 0.3 is 0 Å². The highest BCUT2D eigenvalue weighted by atomic mass is 127. The number of anilines is 1. The Morgan fingerprint density at radius 1 is 1.53 bits per heavy atom. The Labute approximate surface area is 115 Å². The van der Waals surface area contributed by atoms with Crippen molar-refractivity contribution >= 4 is 34.2 Å². The van der Waals surface area contributed by atoms with E-state index < -0.39 is 6.10 Å². The molecule has 0 bridgehead atoms. The highest BCUT2D eigenvalue weighted by Crippen LogP contribution is 2.16. The number of aliphatic hydroxyl groups is 1. The van der Waals surface area contributed by atoms with Crippen LogP contribution in [0.3, 0.4) is 0 Å². The number of likely N-dealkylation sites (N-methyl/N-ethyl adjacent to an activating group) is 1. The second-order valence-electron chi connectivity index (χ2n) is 4.07. The molecule has 0 saturated heterocycles. The summed E-state index contributed by atoms with van der Waals surface area (Å²) in [7, 11) is 1.81. The van der Waals surface area contributed by atoms with Gasteiger partial charge in [0.25, 0.3) is 0 Å². The summed E-state index contributed by atoms with van der Waals surface area (Å²) < 4.78 is 1.01. The van der Waals surface area contributed by atoms with Gasteiger partial charge in [0.1, 0.15) is 0 Å². The van der Waals surface area contributed by atoms with Gasteiger partial charge in [0.05, 0.1) is 18.3 Å². The molecule has 0 spiro atoms. The van der Waals surface area contributed by atoms with Gasteiger partial charge in [0, 0.05) is 10.1 Å². The number of aliphatic hydroxyl groups excluding tert-OH is 1. The number of carbonyl (C=O) groups is 1. The third kappa shape index (κ3) is 5.47. The Bertz CT molecular complexity index is 383. The van der Waals surface area contributed by atoms with E-state index in [2.05, 4.69) is 27.9 Å². The summed E-state index contributed by atoms with van der Waals surface area (Å²) in [6.07, 6.45) is -0.426. The number of rotatable bonds is 5. The van der Waals surface area contributed by atoms with Crippen LogP contribution in [-0.2, 0) is 4.79 Å². The largest absolute Gasteiger partial charge is 0.392 e. The fourth-order valence-corrected chi connectivity index (χ4v) is 2.04. The summed E-state index contributed by atoms with van der Waals surface area (Å²) in [5.74, 6) is -0.0720. The lowest BCUT2D eigenvalue weighted by atomic mass is 10.3. The van der Waals surface area contributed by atoms with Crippen LogP contribution in [0.1, 0.15) is 6.92 Å². The molecule has 1 unspecified atom stereocenters. The first kappa shape index (κ1) is 14.4. The first-order valence-corrected chi connectivity index (χ1v) is 6.48. The van der Waals surface area contributed by atoms with Crippen LogP contribution in [0.5, 0.6) is 0 Å². The first-order valence-electron chi connectivity index (χ1n) is 5.40. The summed E-state index contributed by atoms with van der Waals surface area (Å²) >= 11 is 2.18. The average molecular weight is 348 g/mol. The molecule has 1 aromatic rings. The Hall–Kier alpha value is -0.660. The van der Waals surface area contributed by atoms with Crippen molar-refractivity contribution in [2.45, 2.75) is 13.0 Å². The maximum Gasteiger partial charge on any atom is 0.238 e. The fourth-order valence-electron chi connectivity index (χ4n) is 1.51. The zero-order valence-electron chi connectivity index (χ0n) is 9.98. The predicted octanol–water partition coefficient (Wildman–Crippen LogP) is 1.54. The third-order valence-electron chi connectivity index (χ3n) is 2.14. The maximum atomic E-state index is 11.7. The molecule has 0 radical (unpaired) electrons. The molecule has 0 heterocycles. The molecule has 0 aliphatic carbocycles. The molecule has 1 atom stereocenters. The molecule has 1 rings (SSSR count). The first-order chi connectivity index (χ1) is 7.99. The Balaban J connectivity index is 2.47. The van der Waals surface area contributed by atoms with E-state index in [-0.39, 0.29) is 12.5 Å². The van der Waals surface area contributed by atoms with E-state index in [4.69, 9.17) is 0 Å². The number of benzene rings is 1. The second-order valence-corrected chi connectivity index (χ2v) is 5.24. The number of nitrogens with zero attached hydrogens (tertiary/aromatic N) is 1. The van der Waals surface area contributed by atoms with E-state index in [1.54, 1.807) is 11.8 Å². The summed E-state index contributed by atoms with van der Waals surface area (Å²) in [5, 5.41) is 12.0. The average Bonchev–Trinajstić information content (AvgIpc) is 2.19. The van der Waals surface area contributed by atoms with Crippen molar-refractivity contribution in [3.8, 4) is 0 Å². The highest BCUT2D eigenvalue weighted by Gasteiger charge is 2.09. The zero-order chi connectivity index (χ0) is 12.8. The van der Waals surface area contributed by atoms with Gasteiger partial charge in [-0.25, -0.2) is 0 Å². The molecule has 2 N–H and O–H groups in total. The highest BCUT2D eigenvalue weighted by molar-refractivity contribution is 14.1. The van der Waals surface area contributed by atoms with E-state index in [9.17, 15) is 9.90 Å². The number of amides is 1. The Kier molecular flexibility index (Phi) is 5.87. The molecule has 5 heteroatoms. The summed E-state index contributed by atoms with van der Waals surface area (Å²) in [4.78, 5) is 13.5. The van der Waals surface area contributed by atoms with Gasteiger partial charge in [-0.2, -0.15) is 0 Å². The number of para-hydroxylation sites is 1. The topological polar surface area (TPSA) is 52.6 Å². The van der Waals surface area contributed by atoms with Gasteiger partial charge in [-0.3, -0.25) is 9.69 Å². The lowest BCUT2D eigenvalue weighted by molar-refractivity contribution is -0.117. The van der Waals surface area contributed by atoms with Crippen LogP contribution in [0.25, 0.3) is 0 Å². The molecule has 1 aromatic carbocycles. The van der Waals surface area contributed by atoms with E-state index in [1.807, 2.05) is 31.3 Å². The normalized spacial score (nSPS) is 12.5. The molecule has 1 amide bonds. The van der Waals surface area contributed by atoms with Gasteiger partial charge in [-0.1, -0.05) is 12.1 Å². The third-order valence-corrected chi connectivity index (χ3v) is 3.08. The van der Waals surface area contributed by atoms with Crippen molar-refractivity contribution < 1.29 is 9.90 Å². The van der Waals surface area contributed by atoms with Crippen LogP contribution in [0.4, 0.5) is 5.69 Å². The molecular formula is C12H17IN2O2. The van der Waals surface area contributed by atoms with Crippen LogP contribution < -0.4 is 5.32 Å².